The highest BCUT2D eigenvalue weighted by Gasteiger charge is 2.24. The predicted octanol–water partition coefficient (Wildman–Crippen LogP) is 2.81. The highest BCUT2D eigenvalue weighted by atomic mass is 19.1. The van der Waals surface area contributed by atoms with Crippen LogP contribution in [0, 0.1) is 5.82 Å². The number of amides is 1. The van der Waals surface area contributed by atoms with E-state index >= 15 is 0 Å². The number of rotatable bonds is 8. The van der Waals surface area contributed by atoms with E-state index in [1.54, 1.807) is 6.07 Å². The number of likely N-dealkylation sites (tertiary alicyclic amines) is 1. The second-order valence-corrected chi connectivity index (χ2v) is 6.88. The van der Waals surface area contributed by atoms with Gasteiger partial charge in [-0.15, -0.1) is 0 Å². The number of nitrogens with one attached hydrogen (secondary N) is 1. The van der Waals surface area contributed by atoms with E-state index in [0.717, 1.165) is 31.5 Å². The summed E-state index contributed by atoms with van der Waals surface area (Å²) >= 11 is 0. The molecule has 2 aromatic rings. The molecule has 0 radical (unpaired) electrons. The quantitative estimate of drug-likeness (QED) is 0.732. The molecule has 0 unspecified atom stereocenters. The third-order valence-electron chi connectivity index (χ3n) is 4.86. The van der Waals surface area contributed by atoms with Gasteiger partial charge >= 0.3 is 0 Å². The third kappa shape index (κ3) is 5.41. The minimum Gasteiger partial charge on any atom is -0.490 e. The molecular weight excluding hydrogens is 375 g/mol. The molecule has 0 atom stereocenters. The van der Waals surface area contributed by atoms with Crippen molar-refractivity contribution < 1.29 is 18.7 Å². The summed E-state index contributed by atoms with van der Waals surface area (Å²) < 4.78 is 25.3. The molecule has 3 rings (SSSR count). The number of aromatic nitrogens is 2. The Labute approximate surface area is 170 Å². The average molecular weight is 402 g/mol. The SMILES string of the molecule is CCOc1c(F)ccc(CN2CCC(NC(=O)c3cncnc3)CC2)c1OCC. The van der Waals surface area contributed by atoms with Gasteiger partial charge in [0.25, 0.3) is 5.91 Å². The molecule has 0 spiro atoms. The van der Waals surface area contributed by atoms with Gasteiger partial charge in [-0.05, 0) is 32.8 Å². The molecule has 1 saturated heterocycles. The number of carbonyl (C=O) groups excluding carboxylic acids is 1. The van der Waals surface area contributed by atoms with Gasteiger partial charge in [0.05, 0.1) is 18.8 Å². The fourth-order valence-electron chi connectivity index (χ4n) is 3.45. The van der Waals surface area contributed by atoms with Crippen molar-refractivity contribution in [1.82, 2.24) is 20.2 Å². The first-order chi connectivity index (χ1) is 14.1. The zero-order chi connectivity index (χ0) is 20.6. The Morgan fingerprint density at radius 3 is 2.45 bits per heavy atom. The van der Waals surface area contributed by atoms with Gasteiger partial charge in [-0.1, -0.05) is 6.07 Å². The lowest BCUT2D eigenvalue weighted by Gasteiger charge is -2.32. The summed E-state index contributed by atoms with van der Waals surface area (Å²) in [5.41, 5.74) is 1.37. The molecule has 1 aliphatic rings. The summed E-state index contributed by atoms with van der Waals surface area (Å²) in [5.74, 6) is 0.0980. The van der Waals surface area contributed by atoms with E-state index in [2.05, 4.69) is 20.2 Å². The summed E-state index contributed by atoms with van der Waals surface area (Å²) in [6.07, 6.45) is 6.10. The second-order valence-electron chi connectivity index (χ2n) is 6.88. The van der Waals surface area contributed by atoms with Crippen molar-refractivity contribution in [2.75, 3.05) is 26.3 Å². The molecule has 1 amide bonds. The molecule has 1 fully saturated rings. The lowest BCUT2D eigenvalue weighted by atomic mass is 10.0. The molecular formula is C21H27FN4O3. The van der Waals surface area contributed by atoms with Gasteiger partial charge < -0.3 is 14.8 Å². The molecule has 156 valence electrons. The van der Waals surface area contributed by atoms with Crippen molar-refractivity contribution in [1.29, 1.82) is 0 Å². The third-order valence-corrected chi connectivity index (χ3v) is 4.86. The average Bonchev–Trinajstić information content (AvgIpc) is 2.74. The predicted molar refractivity (Wildman–Crippen MR) is 107 cm³/mol. The Morgan fingerprint density at radius 1 is 1.14 bits per heavy atom. The molecule has 29 heavy (non-hydrogen) atoms. The highest BCUT2D eigenvalue weighted by molar-refractivity contribution is 5.93. The van der Waals surface area contributed by atoms with Gasteiger partial charge in [0, 0.05) is 43.6 Å². The zero-order valence-corrected chi connectivity index (χ0v) is 16.9. The smallest absolute Gasteiger partial charge is 0.254 e. The van der Waals surface area contributed by atoms with Crippen LogP contribution in [0.15, 0.2) is 30.9 Å². The number of hydrogen-bond donors (Lipinski definition) is 1. The molecule has 0 bridgehead atoms. The van der Waals surface area contributed by atoms with E-state index in [4.69, 9.17) is 9.47 Å². The molecule has 1 aliphatic heterocycles. The highest BCUT2D eigenvalue weighted by Crippen LogP contribution is 2.35. The number of halogens is 1. The van der Waals surface area contributed by atoms with E-state index < -0.39 is 5.82 Å². The molecule has 0 aliphatic carbocycles. The maximum absolute atomic E-state index is 14.2. The van der Waals surface area contributed by atoms with Crippen molar-refractivity contribution >= 4 is 5.91 Å². The number of hydrogen-bond acceptors (Lipinski definition) is 6. The van der Waals surface area contributed by atoms with Crippen molar-refractivity contribution in [2.24, 2.45) is 0 Å². The van der Waals surface area contributed by atoms with Crippen molar-refractivity contribution in [2.45, 2.75) is 39.3 Å². The number of piperidine rings is 1. The van der Waals surface area contributed by atoms with Gasteiger partial charge in [-0.3, -0.25) is 9.69 Å². The zero-order valence-electron chi connectivity index (χ0n) is 16.9. The Hall–Kier alpha value is -2.74. The van der Waals surface area contributed by atoms with E-state index in [0.29, 0.717) is 31.1 Å². The van der Waals surface area contributed by atoms with Crippen LogP contribution >= 0.6 is 0 Å². The minimum atomic E-state index is -0.412. The first kappa shape index (κ1) is 21.0. The van der Waals surface area contributed by atoms with Gasteiger partial charge in [-0.25, -0.2) is 14.4 Å². The van der Waals surface area contributed by atoms with Crippen LogP contribution in [-0.2, 0) is 6.54 Å². The van der Waals surface area contributed by atoms with Crippen LogP contribution in [0.1, 0.15) is 42.6 Å². The first-order valence-corrected chi connectivity index (χ1v) is 9.97. The molecule has 1 N–H and O–H groups in total. The van der Waals surface area contributed by atoms with Gasteiger partial charge in [0.15, 0.2) is 17.3 Å². The maximum Gasteiger partial charge on any atom is 0.254 e. The van der Waals surface area contributed by atoms with E-state index in [1.807, 2.05) is 13.8 Å². The summed E-state index contributed by atoms with van der Waals surface area (Å²) in [6, 6.07) is 3.29. The van der Waals surface area contributed by atoms with Crippen LogP contribution in [0.25, 0.3) is 0 Å². The van der Waals surface area contributed by atoms with Gasteiger partial charge in [-0.2, -0.15) is 0 Å². The normalized spacial score (nSPS) is 15.1. The van der Waals surface area contributed by atoms with Crippen molar-refractivity contribution in [3.63, 3.8) is 0 Å². The summed E-state index contributed by atoms with van der Waals surface area (Å²) in [4.78, 5) is 22.3. The van der Waals surface area contributed by atoms with Crippen molar-refractivity contribution in [3.8, 4) is 11.5 Å². The largest absolute Gasteiger partial charge is 0.490 e. The number of ether oxygens (including phenoxy) is 2. The molecule has 0 saturated carbocycles. The summed E-state index contributed by atoms with van der Waals surface area (Å²) in [5, 5.41) is 3.04. The number of nitrogens with zero attached hydrogens (tertiary/aromatic N) is 3. The van der Waals surface area contributed by atoms with Gasteiger partial charge in [0.1, 0.15) is 6.33 Å². The number of carbonyl (C=O) groups is 1. The van der Waals surface area contributed by atoms with Crippen molar-refractivity contribution in [3.05, 3.63) is 47.8 Å². The monoisotopic (exact) mass is 402 g/mol. The van der Waals surface area contributed by atoms with Crippen LogP contribution in [0.5, 0.6) is 11.5 Å². The van der Waals surface area contributed by atoms with Crippen LogP contribution in [0.4, 0.5) is 4.39 Å². The summed E-state index contributed by atoms with van der Waals surface area (Å²) in [7, 11) is 0. The standard InChI is InChI=1S/C21H27FN4O3/c1-3-28-19-15(5-6-18(22)20(19)29-4-2)13-26-9-7-17(8-10-26)25-21(27)16-11-23-14-24-12-16/h5-6,11-12,14,17H,3-4,7-10,13H2,1-2H3,(H,25,27). The van der Waals surface area contributed by atoms with Gasteiger partial charge in [0.2, 0.25) is 0 Å². The first-order valence-electron chi connectivity index (χ1n) is 9.97. The van der Waals surface area contributed by atoms with E-state index in [1.165, 1.54) is 24.8 Å². The van der Waals surface area contributed by atoms with Crippen LogP contribution in [0.3, 0.4) is 0 Å². The molecule has 1 aromatic carbocycles. The molecule has 2 heterocycles. The Kier molecular flexibility index (Phi) is 7.35. The second kappa shape index (κ2) is 10.2. The van der Waals surface area contributed by atoms with Crippen LogP contribution in [-0.4, -0.2) is 53.1 Å². The van der Waals surface area contributed by atoms with Crippen LogP contribution in [0.2, 0.25) is 0 Å². The molecule has 7 nitrogen and oxygen atoms in total. The lowest BCUT2D eigenvalue weighted by Crippen LogP contribution is -2.44. The van der Waals surface area contributed by atoms with Crippen LogP contribution < -0.4 is 14.8 Å². The Bertz CT molecular complexity index is 811. The molecule has 8 heteroatoms. The molecule has 1 aromatic heterocycles. The number of benzene rings is 1. The maximum atomic E-state index is 14.2. The topological polar surface area (TPSA) is 76.6 Å². The fraction of sp³-hybridized carbons (Fsp3) is 0.476. The minimum absolute atomic E-state index is 0.109. The fourth-order valence-corrected chi connectivity index (χ4v) is 3.45. The van der Waals surface area contributed by atoms with E-state index in [-0.39, 0.29) is 17.7 Å². The Morgan fingerprint density at radius 2 is 1.79 bits per heavy atom. The van der Waals surface area contributed by atoms with E-state index in [9.17, 15) is 9.18 Å². The lowest BCUT2D eigenvalue weighted by molar-refractivity contribution is 0.0908. The Balaban J connectivity index is 1.59. The summed E-state index contributed by atoms with van der Waals surface area (Å²) in [6.45, 7) is 6.79.